The van der Waals surface area contributed by atoms with Gasteiger partial charge in [-0.15, -0.1) is 0 Å². The second-order valence-electron chi connectivity index (χ2n) is 4.18. The van der Waals surface area contributed by atoms with Crippen LogP contribution in [0.15, 0.2) is 0 Å². The maximum Gasteiger partial charge on any atom is 0.0621 e. The Morgan fingerprint density at radius 3 is 2.67 bits per heavy atom. The summed E-state index contributed by atoms with van der Waals surface area (Å²) in [6.45, 7) is 4.65. The lowest BCUT2D eigenvalue weighted by Gasteiger charge is -2.10. The topological polar surface area (TPSA) is 23.8 Å². The normalized spacial score (nSPS) is 34.9. The van der Waals surface area contributed by atoms with Gasteiger partial charge in [-0.2, -0.15) is 5.26 Å². The fraction of sp³-hybridized carbons (Fsp3) is 0.909. The Kier molecular flexibility index (Phi) is 3.59. The maximum absolute atomic E-state index is 8.47. The minimum atomic E-state index is 0.758. The van der Waals surface area contributed by atoms with Crippen molar-refractivity contribution in [2.24, 2.45) is 17.8 Å². The van der Waals surface area contributed by atoms with Crippen LogP contribution < -0.4 is 0 Å². The third-order valence-electron chi connectivity index (χ3n) is 3.33. The molecule has 12 heavy (non-hydrogen) atoms. The Morgan fingerprint density at radius 1 is 1.42 bits per heavy atom. The second-order valence-corrected chi connectivity index (χ2v) is 4.18. The zero-order valence-corrected chi connectivity index (χ0v) is 8.21. The molecule has 0 aliphatic heterocycles. The lowest BCUT2D eigenvalue weighted by molar-refractivity contribution is 0.406. The summed E-state index contributed by atoms with van der Waals surface area (Å²) in [5, 5.41) is 8.47. The number of nitrogens with zero attached hydrogens (tertiary/aromatic N) is 1. The van der Waals surface area contributed by atoms with Crippen molar-refractivity contribution in [3.8, 4) is 6.07 Å². The Balaban J connectivity index is 2.29. The highest BCUT2D eigenvalue weighted by Crippen LogP contribution is 2.39. The van der Waals surface area contributed by atoms with E-state index in [-0.39, 0.29) is 0 Å². The van der Waals surface area contributed by atoms with Crippen LogP contribution in [0.25, 0.3) is 0 Å². The van der Waals surface area contributed by atoms with Crippen molar-refractivity contribution in [2.75, 3.05) is 0 Å². The van der Waals surface area contributed by atoms with Crippen LogP contribution >= 0.6 is 0 Å². The lowest BCUT2D eigenvalue weighted by Crippen LogP contribution is -2.00. The van der Waals surface area contributed by atoms with E-state index in [1.807, 2.05) is 0 Å². The summed E-state index contributed by atoms with van der Waals surface area (Å²) >= 11 is 0. The third kappa shape index (κ3) is 2.24. The van der Waals surface area contributed by atoms with Gasteiger partial charge in [0.05, 0.1) is 6.07 Å². The Labute approximate surface area is 75.8 Å². The van der Waals surface area contributed by atoms with E-state index >= 15 is 0 Å². The molecule has 1 heteroatoms. The highest BCUT2D eigenvalue weighted by Gasteiger charge is 2.29. The van der Waals surface area contributed by atoms with E-state index in [9.17, 15) is 0 Å². The highest BCUT2D eigenvalue weighted by molar-refractivity contribution is 4.82. The summed E-state index contributed by atoms with van der Waals surface area (Å²) in [6.07, 6.45) is 5.95. The van der Waals surface area contributed by atoms with Crippen molar-refractivity contribution in [1.82, 2.24) is 0 Å². The van der Waals surface area contributed by atoms with Crippen LogP contribution in [-0.2, 0) is 0 Å². The number of hydrogen-bond acceptors (Lipinski definition) is 1. The van der Waals surface area contributed by atoms with Crippen LogP contribution in [0.4, 0.5) is 0 Å². The van der Waals surface area contributed by atoms with Gasteiger partial charge in [0, 0.05) is 6.42 Å². The first kappa shape index (κ1) is 9.58. The molecule has 0 heterocycles. The first-order valence-electron chi connectivity index (χ1n) is 5.14. The molecule has 0 N–H and O–H groups in total. The summed E-state index contributed by atoms with van der Waals surface area (Å²) in [5.41, 5.74) is 0. The van der Waals surface area contributed by atoms with Gasteiger partial charge in [-0.1, -0.05) is 20.3 Å². The molecular weight excluding hydrogens is 146 g/mol. The molecule has 0 bridgehead atoms. The Bertz CT molecular complexity index is 168. The van der Waals surface area contributed by atoms with Crippen molar-refractivity contribution in [2.45, 2.75) is 46.0 Å². The van der Waals surface area contributed by atoms with E-state index in [2.05, 4.69) is 19.9 Å². The van der Waals surface area contributed by atoms with Crippen molar-refractivity contribution in [1.29, 1.82) is 5.26 Å². The van der Waals surface area contributed by atoms with E-state index in [0.717, 1.165) is 30.6 Å². The van der Waals surface area contributed by atoms with Gasteiger partial charge in [0.15, 0.2) is 0 Å². The second kappa shape index (κ2) is 4.50. The Hall–Kier alpha value is -0.510. The molecule has 3 unspecified atom stereocenters. The maximum atomic E-state index is 8.47. The smallest absolute Gasteiger partial charge is 0.0621 e. The average Bonchev–Trinajstić information content (AvgIpc) is 2.43. The van der Waals surface area contributed by atoms with E-state index in [0.29, 0.717) is 0 Å². The molecule has 0 saturated heterocycles. The van der Waals surface area contributed by atoms with Crippen LogP contribution in [0, 0.1) is 29.1 Å². The molecule has 0 aromatic carbocycles. The van der Waals surface area contributed by atoms with E-state index < -0.39 is 0 Å². The van der Waals surface area contributed by atoms with Gasteiger partial charge >= 0.3 is 0 Å². The molecule has 1 fully saturated rings. The molecule has 1 rings (SSSR count). The predicted molar refractivity (Wildman–Crippen MR) is 50.5 cm³/mol. The highest BCUT2D eigenvalue weighted by atomic mass is 14.3. The van der Waals surface area contributed by atoms with Crippen molar-refractivity contribution >= 4 is 0 Å². The molecule has 68 valence electrons. The van der Waals surface area contributed by atoms with Crippen molar-refractivity contribution in [3.05, 3.63) is 0 Å². The first-order valence-corrected chi connectivity index (χ1v) is 5.14. The van der Waals surface area contributed by atoms with Gasteiger partial charge in [0.1, 0.15) is 0 Å². The van der Waals surface area contributed by atoms with E-state index in [1.165, 1.54) is 19.3 Å². The van der Waals surface area contributed by atoms with Crippen LogP contribution in [0.2, 0.25) is 0 Å². The minimum absolute atomic E-state index is 0.758. The average molecular weight is 165 g/mol. The SMILES string of the molecule is CCC1CC(CCC#N)CC1C. The summed E-state index contributed by atoms with van der Waals surface area (Å²) in [7, 11) is 0. The summed E-state index contributed by atoms with van der Waals surface area (Å²) < 4.78 is 0. The quantitative estimate of drug-likeness (QED) is 0.629. The zero-order valence-electron chi connectivity index (χ0n) is 8.21. The molecule has 1 aliphatic carbocycles. The van der Waals surface area contributed by atoms with Crippen LogP contribution in [-0.4, -0.2) is 0 Å². The van der Waals surface area contributed by atoms with Gasteiger partial charge in [-0.3, -0.25) is 0 Å². The molecule has 0 aromatic rings. The molecular formula is C11H19N. The molecule has 0 spiro atoms. The third-order valence-corrected chi connectivity index (χ3v) is 3.33. The molecule has 1 saturated carbocycles. The van der Waals surface area contributed by atoms with Crippen molar-refractivity contribution in [3.63, 3.8) is 0 Å². The first-order chi connectivity index (χ1) is 5.77. The van der Waals surface area contributed by atoms with Gasteiger partial charge in [0.2, 0.25) is 0 Å². The summed E-state index contributed by atoms with van der Waals surface area (Å²) in [4.78, 5) is 0. The molecule has 1 aliphatic rings. The van der Waals surface area contributed by atoms with Gasteiger partial charge in [-0.25, -0.2) is 0 Å². The van der Waals surface area contributed by atoms with Crippen LogP contribution in [0.1, 0.15) is 46.0 Å². The van der Waals surface area contributed by atoms with E-state index in [1.54, 1.807) is 0 Å². The van der Waals surface area contributed by atoms with Gasteiger partial charge in [0.25, 0.3) is 0 Å². The van der Waals surface area contributed by atoms with Crippen LogP contribution in [0.3, 0.4) is 0 Å². The van der Waals surface area contributed by atoms with Gasteiger partial charge < -0.3 is 0 Å². The summed E-state index contributed by atoms with van der Waals surface area (Å²) in [6, 6.07) is 2.24. The fourth-order valence-corrected chi connectivity index (χ4v) is 2.55. The van der Waals surface area contributed by atoms with Gasteiger partial charge in [-0.05, 0) is 37.0 Å². The van der Waals surface area contributed by atoms with E-state index in [4.69, 9.17) is 5.26 Å². The lowest BCUT2D eigenvalue weighted by atomic mass is 9.96. The standard InChI is InChI=1S/C11H19N/c1-3-11-8-10(5-4-6-12)7-9(11)2/h9-11H,3-5,7-8H2,1-2H3. The predicted octanol–water partition coefficient (Wildman–Crippen LogP) is 3.36. The summed E-state index contributed by atoms with van der Waals surface area (Å²) in [5.74, 6) is 2.69. The molecule has 1 nitrogen and oxygen atoms in total. The minimum Gasteiger partial charge on any atom is -0.198 e. The molecule has 0 aromatic heterocycles. The number of hydrogen-bond donors (Lipinski definition) is 0. The molecule has 3 atom stereocenters. The van der Waals surface area contributed by atoms with Crippen LogP contribution in [0.5, 0.6) is 0 Å². The number of rotatable bonds is 3. The monoisotopic (exact) mass is 165 g/mol. The zero-order chi connectivity index (χ0) is 8.97. The van der Waals surface area contributed by atoms with Crippen molar-refractivity contribution < 1.29 is 0 Å². The fourth-order valence-electron chi connectivity index (χ4n) is 2.55. The molecule has 0 amide bonds. The Morgan fingerprint density at radius 2 is 2.17 bits per heavy atom. The molecule has 0 radical (unpaired) electrons. The largest absolute Gasteiger partial charge is 0.198 e. The number of nitriles is 1.